The third-order valence-corrected chi connectivity index (χ3v) is 9.29. The Hall–Kier alpha value is -2.58. The lowest BCUT2D eigenvalue weighted by molar-refractivity contribution is -0.116. The summed E-state index contributed by atoms with van der Waals surface area (Å²) in [5.41, 5.74) is 8.10. The standard InChI is InChI=1S/C25H29N3O4S/c1-28-13-20(18-5-6-27-23(18)24(28)29)19-9-17(33(2,30)31)3-4-21(19)32-25-10-14-7-15(11-25)22(26)16(8-14)12-25/h3-6,9,13-16,22,27H,7-8,10-12,26H2,1-2H3. The van der Waals surface area contributed by atoms with E-state index < -0.39 is 9.84 Å². The molecule has 0 spiro atoms. The van der Waals surface area contributed by atoms with E-state index in [2.05, 4.69) is 4.98 Å². The maximum Gasteiger partial charge on any atom is 0.274 e. The zero-order chi connectivity index (χ0) is 23.1. The molecule has 2 unspecified atom stereocenters. The summed E-state index contributed by atoms with van der Waals surface area (Å²) >= 11 is 0. The van der Waals surface area contributed by atoms with E-state index in [0.717, 1.165) is 30.2 Å². The first-order valence-electron chi connectivity index (χ1n) is 11.6. The maximum absolute atomic E-state index is 12.6. The zero-order valence-corrected chi connectivity index (χ0v) is 19.7. The van der Waals surface area contributed by atoms with Gasteiger partial charge in [-0.2, -0.15) is 0 Å². The molecule has 4 aliphatic rings. The fourth-order valence-corrected chi connectivity index (χ4v) is 7.52. The fourth-order valence-electron chi connectivity index (χ4n) is 6.87. The van der Waals surface area contributed by atoms with Crippen molar-refractivity contribution in [1.82, 2.24) is 9.55 Å². The molecular formula is C25H29N3O4S. The van der Waals surface area contributed by atoms with Crippen molar-refractivity contribution >= 4 is 20.7 Å². The number of rotatable bonds is 4. The molecule has 7 nitrogen and oxygen atoms in total. The largest absolute Gasteiger partial charge is 0.487 e. The summed E-state index contributed by atoms with van der Waals surface area (Å²) < 4.78 is 33.2. The Morgan fingerprint density at radius 3 is 2.55 bits per heavy atom. The highest BCUT2D eigenvalue weighted by atomic mass is 32.2. The number of nitrogens with two attached hydrogens (primary N) is 1. The minimum atomic E-state index is -3.42. The minimum absolute atomic E-state index is 0.129. The molecule has 0 amide bonds. The number of ether oxygens (including phenoxy) is 1. The highest BCUT2D eigenvalue weighted by molar-refractivity contribution is 7.90. The number of pyridine rings is 1. The van der Waals surface area contributed by atoms with Crippen LogP contribution in [0.4, 0.5) is 0 Å². The summed E-state index contributed by atoms with van der Waals surface area (Å²) in [4.78, 5) is 15.9. The number of nitrogens with zero attached hydrogens (tertiary/aromatic N) is 1. The van der Waals surface area contributed by atoms with Gasteiger partial charge in [-0.3, -0.25) is 4.79 Å². The summed E-state index contributed by atoms with van der Waals surface area (Å²) in [7, 11) is -1.72. The lowest BCUT2D eigenvalue weighted by atomic mass is 9.52. The number of aromatic amines is 1. The molecule has 2 atom stereocenters. The minimum Gasteiger partial charge on any atom is -0.487 e. The Balaban J connectivity index is 1.51. The van der Waals surface area contributed by atoms with E-state index in [1.807, 2.05) is 6.07 Å². The molecule has 2 aromatic heterocycles. The van der Waals surface area contributed by atoms with Crippen molar-refractivity contribution in [2.45, 2.75) is 48.6 Å². The molecule has 7 rings (SSSR count). The Labute approximate surface area is 192 Å². The van der Waals surface area contributed by atoms with Gasteiger partial charge in [0, 0.05) is 48.3 Å². The van der Waals surface area contributed by atoms with Crippen molar-refractivity contribution in [3.63, 3.8) is 0 Å². The second-order valence-corrected chi connectivity index (χ2v) is 12.5. The van der Waals surface area contributed by atoms with Gasteiger partial charge >= 0.3 is 0 Å². The molecule has 4 fully saturated rings. The Morgan fingerprint density at radius 2 is 1.85 bits per heavy atom. The first kappa shape index (κ1) is 21.0. The van der Waals surface area contributed by atoms with Crippen LogP contribution in [0, 0.1) is 17.8 Å². The second-order valence-electron chi connectivity index (χ2n) is 10.5. The van der Waals surface area contributed by atoms with Gasteiger partial charge in [0.15, 0.2) is 9.84 Å². The second kappa shape index (κ2) is 6.96. The SMILES string of the molecule is Cn1cc(-c2cc(S(C)(=O)=O)ccc2OC23CC4CC(C2)C(N)C(C4)C3)c2cc[nH]c2c1=O. The summed E-state index contributed by atoms with van der Waals surface area (Å²) in [6.45, 7) is 0. The molecular weight excluding hydrogens is 438 g/mol. The predicted octanol–water partition coefficient (Wildman–Crippen LogP) is 3.22. The lowest BCUT2D eigenvalue weighted by Crippen LogP contribution is -2.61. The van der Waals surface area contributed by atoms with Gasteiger partial charge in [0.1, 0.15) is 16.9 Å². The Kier molecular flexibility index (Phi) is 4.43. The molecule has 0 aliphatic heterocycles. The first-order valence-corrected chi connectivity index (χ1v) is 13.5. The van der Waals surface area contributed by atoms with E-state index >= 15 is 0 Å². The van der Waals surface area contributed by atoms with Gasteiger partial charge in [0.25, 0.3) is 5.56 Å². The summed E-state index contributed by atoms with van der Waals surface area (Å²) in [6, 6.07) is 7.20. The number of nitrogens with one attached hydrogen (secondary N) is 1. The monoisotopic (exact) mass is 467 g/mol. The highest BCUT2D eigenvalue weighted by Gasteiger charge is 2.56. The van der Waals surface area contributed by atoms with Gasteiger partial charge < -0.3 is 20.0 Å². The number of H-pyrrole nitrogens is 1. The number of benzene rings is 1. The van der Waals surface area contributed by atoms with E-state index in [-0.39, 0.29) is 22.1 Å². The average molecular weight is 468 g/mol. The van der Waals surface area contributed by atoms with E-state index in [9.17, 15) is 13.2 Å². The molecule has 0 radical (unpaired) electrons. The number of aryl methyl sites for hydroxylation is 1. The summed E-state index contributed by atoms with van der Waals surface area (Å²) in [6.07, 6.45) is 10.00. The van der Waals surface area contributed by atoms with Crippen LogP contribution >= 0.6 is 0 Å². The van der Waals surface area contributed by atoms with Crippen molar-refractivity contribution in [3.8, 4) is 16.9 Å². The molecule has 4 aliphatic carbocycles. The summed E-state index contributed by atoms with van der Waals surface area (Å²) in [5, 5.41) is 0.751. The quantitative estimate of drug-likeness (QED) is 0.613. The molecule has 3 N–H and O–H groups in total. The van der Waals surface area contributed by atoms with Gasteiger partial charge in [-0.05, 0) is 74.1 Å². The van der Waals surface area contributed by atoms with Crippen LogP contribution in [0.3, 0.4) is 0 Å². The highest BCUT2D eigenvalue weighted by Crippen LogP contribution is 2.57. The fraction of sp³-hybridized carbons (Fsp3) is 0.480. The van der Waals surface area contributed by atoms with Crippen LogP contribution in [-0.2, 0) is 16.9 Å². The van der Waals surface area contributed by atoms with Gasteiger partial charge in [0.2, 0.25) is 0 Å². The van der Waals surface area contributed by atoms with Crippen molar-refractivity contribution < 1.29 is 13.2 Å². The van der Waals surface area contributed by atoms with Crippen LogP contribution in [-0.4, -0.2) is 35.9 Å². The van der Waals surface area contributed by atoms with E-state index in [4.69, 9.17) is 10.5 Å². The molecule has 1 aromatic carbocycles. The zero-order valence-electron chi connectivity index (χ0n) is 18.9. The van der Waals surface area contributed by atoms with E-state index in [1.165, 1.54) is 23.7 Å². The summed E-state index contributed by atoms with van der Waals surface area (Å²) in [5.74, 6) is 2.29. The van der Waals surface area contributed by atoms with Gasteiger partial charge in [0.05, 0.1) is 4.90 Å². The van der Waals surface area contributed by atoms with Crippen molar-refractivity contribution in [2.24, 2.45) is 30.5 Å². The first-order chi connectivity index (χ1) is 15.6. The number of hydrogen-bond acceptors (Lipinski definition) is 5. The lowest BCUT2D eigenvalue weighted by Gasteiger charge is -2.58. The Morgan fingerprint density at radius 1 is 1.12 bits per heavy atom. The third-order valence-electron chi connectivity index (χ3n) is 8.18. The van der Waals surface area contributed by atoms with Crippen molar-refractivity contribution in [2.75, 3.05) is 6.26 Å². The number of fused-ring (bicyclic) bond motifs is 1. The maximum atomic E-state index is 12.6. The van der Waals surface area contributed by atoms with Crippen LogP contribution < -0.4 is 16.0 Å². The molecule has 4 bridgehead atoms. The van der Waals surface area contributed by atoms with Crippen LogP contribution in [0.2, 0.25) is 0 Å². The molecule has 2 heterocycles. The van der Waals surface area contributed by atoms with Crippen molar-refractivity contribution in [3.05, 3.63) is 47.0 Å². The molecule has 4 saturated carbocycles. The molecule has 174 valence electrons. The molecule has 3 aromatic rings. The van der Waals surface area contributed by atoms with Crippen LogP contribution in [0.25, 0.3) is 22.0 Å². The third kappa shape index (κ3) is 3.26. The molecule has 0 saturated heterocycles. The van der Waals surface area contributed by atoms with E-state index in [0.29, 0.717) is 34.6 Å². The smallest absolute Gasteiger partial charge is 0.274 e. The van der Waals surface area contributed by atoms with Gasteiger partial charge in [-0.15, -0.1) is 0 Å². The van der Waals surface area contributed by atoms with E-state index in [1.54, 1.807) is 37.6 Å². The number of aromatic nitrogens is 2. The van der Waals surface area contributed by atoms with Crippen LogP contribution in [0.1, 0.15) is 32.1 Å². The van der Waals surface area contributed by atoms with Crippen LogP contribution in [0.15, 0.2) is 46.3 Å². The number of hydrogen-bond donors (Lipinski definition) is 2. The number of sulfone groups is 1. The average Bonchev–Trinajstić information content (AvgIpc) is 3.23. The van der Waals surface area contributed by atoms with Crippen molar-refractivity contribution in [1.29, 1.82) is 0 Å². The molecule has 8 heteroatoms. The van der Waals surface area contributed by atoms with Gasteiger partial charge in [-0.25, -0.2) is 8.42 Å². The Bertz CT molecular complexity index is 1420. The predicted molar refractivity (Wildman–Crippen MR) is 127 cm³/mol. The topological polar surface area (TPSA) is 107 Å². The van der Waals surface area contributed by atoms with Crippen LogP contribution in [0.5, 0.6) is 5.75 Å². The molecule has 33 heavy (non-hydrogen) atoms. The normalized spacial score (nSPS) is 30.8. The van der Waals surface area contributed by atoms with Gasteiger partial charge in [-0.1, -0.05) is 0 Å².